The fourth-order valence-electron chi connectivity index (χ4n) is 5.17. The van der Waals surface area contributed by atoms with Crippen molar-refractivity contribution in [3.63, 3.8) is 0 Å². The van der Waals surface area contributed by atoms with E-state index in [4.69, 9.17) is 5.73 Å². The van der Waals surface area contributed by atoms with Gasteiger partial charge in [0.1, 0.15) is 11.8 Å². The Labute approximate surface area is 196 Å². The van der Waals surface area contributed by atoms with E-state index in [0.717, 1.165) is 23.1 Å². The molecule has 1 saturated carbocycles. The molecule has 6 nitrogen and oxygen atoms in total. The molecule has 0 unspecified atom stereocenters. The summed E-state index contributed by atoms with van der Waals surface area (Å²) in [7, 11) is 0. The molecule has 0 aromatic heterocycles. The number of fused-ring (bicyclic) bond motifs is 1. The molecule has 2 amide bonds. The number of carbonyl (C=O) groups is 2. The molecular weight excluding hydrogens is 414 g/mol. The SMILES string of the molecule is N[C@@H](Cc1ccc(O)cc1)C(=O)N1Cc2ccccc2C[C@@H]1C(=O)NCCC1CCCCC1. The third-order valence-electron chi connectivity index (χ3n) is 7.12. The molecule has 1 heterocycles. The number of hydrogen-bond donors (Lipinski definition) is 3. The smallest absolute Gasteiger partial charge is 0.243 e. The normalized spacial score (nSPS) is 19.5. The standard InChI is InChI=1S/C27H35N3O3/c28-24(16-20-10-12-23(31)13-11-20)27(33)30-18-22-9-5-4-8-21(22)17-25(30)26(32)29-15-14-19-6-2-1-3-7-19/h4-5,8-13,19,24-25,31H,1-3,6-7,14-18,28H2,(H,29,32)/t24-,25+/m0/s1. The number of phenols is 1. The monoisotopic (exact) mass is 449 g/mol. The molecule has 2 aliphatic rings. The third-order valence-corrected chi connectivity index (χ3v) is 7.12. The molecule has 1 aliphatic carbocycles. The van der Waals surface area contributed by atoms with Crippen molar-refractivity contribution >= 4 is 11.8 Å². The van der Waals surface area contributed by atoms with Crippen LogP contribution in [0.25, 0.3) is 0 Å². The molecule has 0 radical (unpaired) electrons. The zero-order valence-electron chi connectivity index (χ0n) is 19.2. The van der Waals surface area contributed by atoms with Crippen molar-refractivity contribution in [2.24, 2.45) is 11.7 Å². The number of rotatable bonds is 7. The topological polar surface area (TPSA) is 95.7 Å². The first-order valence-corrected chi connectivity index (χ1v) is 12.2. The number of aromatic hydroxyl groups is 1. The van der Waals surface area contributed by atoms with E-state index >= 15 is 0 Å². The summed E-state index contributed by atoms with van der Waals surface area (Å²) in [4.78, 5) is 28.3. The Morgan fingerprint density at radius 2 is 1.73 bits per heavy atom. The van der Waals surface area contributed by atoms with E-state index in [1.165, 1.54) is 32.1 Å². The summed E-state index contributed by atoms with van der Waals surface area (Å²) in [5, 5.41) is 12.6. The molecule has 0 bridgehead atoms. The van der Waals surface area contributed by atoms with Gasteiger partial charge in [0.05, 0.1) is 6.04 Å². The second-order valence-corrected chi connectivity index (χ2v) is 9.52. The highest BCUT2D eigenvalue weighted by Crippen LogP contribution is 2.27. The number of nitrogens with two attached hydrogens (primary N) is 1. The molecule has 1 fully saturated rings. The fraction of sp³-hybridized carbons (Fsp3) is 0.481. The summed E-state index contributed by atoms with van der Waals surface area (Å²) < 4.78 is 0. The number of nitrogens with zero attached hydrogens (tertiary/aromatic N) is 1. The van der Waals surface area contributed by atoms with Crippen LogP contribution in [0.5, 0.6) is 5.75 Å². The van der Waals surface area contributed by atoms with Crippen LogP contribution in [0, 0.1) is 5.92 Å². The fourth-order valence-corrected chi connectivity index (χ4v) is 5.17. The predicted octanol–water partition coefficient (Wildman–Crippen LogP) is 3.30. The molecule has 0 spiro atoms. The summed E-state index contributed by atoms with van der Waals surface area (Å²) >= 11 is 0. The first kappa shape index (κ1) is 23.3. The minimum atomic E-state index is -0.752. The van der Waals surface area contributed by atoms with Gasteiger partial charge in [0, 0.05) is 19.5 Å². The van der Waals surface area contributed by atoms with Crippen molar-refractivity contribution in [1.29, 1.82) is 0 Å². The Morgan fingerprint density at radius 1 is 1.03 bits per heavy atom. The Kier molecular flexibility index (Phi) is 7.65. The van der Waals surface area contributed by atoms with E-state index in [2.05, 4.69) is 5.32 Å². The minimum Gasteiger partial charge on any atom is -0.508 e. The molecule has 2 atom stereocenters. The summed E-state index contributed by atoms with van der Waals surface area (Å²) in [6, 6.07) is 13.4. The Balaban J connectivity index is 1.43. The molecule has 0 saturated heterocycles. The van der Waals surface area contributed by atoms with Crippen LogP contribution in [-0.2, 0) is 29.0 Å². The molecule has 4 rings (SSSR count). The van der Waals surface area contributed by atoms with E-state index < -0.39 is 12.1 Å². The van der Waals surface area contributed by atoms with Crippen LogP contribution in [0.2, 0.25) is 0 Å². The van der Waals surface area contributed by atoms with Crippen molar-refractivity contribution in [2.75, 3.05) is 6.54 Å². The van der Waals surface area contributed by atoms with Gasteiger partial charge in [0.25, 0.3) is 0 Å². The molecule has 6 heteroatoms. The molecule has 33 heavy (non-hydrogen) atoms. The third kappa shape index (κ3) is 5.93. The van der Waals surface area contributed by atoms with Gasteiger partial charge in [-0.3, -0.25) is 9.59 Å². The maximum atomic E-state index is 13.4. The lowest BCUT2D eigenvalue weighted by molar-refractivity contribution is -0.142. The van der Waals surface area contributed by atoms with Gasteiger partial charge < -0.3 is 21.1 Å². The first-order chi connectivity index (χ1) is 16.0. The van der Waals surface area contributed by atoms with Gasteiger partial charge in [-0.05, 0) is 47.6 Å². The maximum Gasteiger partial charge on any atom is 0.243 e. The average molecular weight is 450 g/mol. The van der Waals surface area contributed by atoms with Crippen LogP contribution in [0.1, 0.15) is 55.2 Å². The zero-order valence-corrected chi connectivity index (χ0v) is 19.2. The van der Waals surface area contributed by atoms with Crippen molar-refractivity contribution < 1.29 is 14.7 Å². The van der Waals surface area contributed by atoms with E-state index in [9.17, 15) is 14.7 Å². The van der Waals surface area contributed by atoms with Crippen molar-refractivity contribution in [3.8, 4) is 5.75 Å². The maximum absolute atomic E-state index is 13.4. The van der Waals surface area contributed by atoms with E-state index in [1.54, 1.807) is 29.2 Å². The molecule has 2 aromatic rings. The predicted molar refractivity (Wildman–Crippen MR) is 128 cm³/mol. The lowest BCUT2D eigenvalue weighted by Crippen LogP contribution is -2.56. The highest BCUT2D eigenvalue weighted by molar-refractivity contribution is 5.90. The number of hydrogen-bond acceptors (Lipinski definition) is 4. The highest BCUT2D eigenvalue weighted by Gasteiger charge is 2.36. The van der Waals surface area contributed by atoms with Crippen LogP contribution >= 0.6 is 0 Å². The summed E-state index contributed by atoms with van der Waals surface area (Å²) in [5.74, 6) is 0.564. The largest absolute Gasteiger partial charge is 0.508 e. The van der Waals surface area contributed by atoms with Crippen molar-refractivity contribution in [3.05, 3.63) is 65.2 Å². The Hall–Kier alpha value is -2.86. The minimum absolute atomic E-state index is 0.0921. The van der Waals surface area contributed by atoms with Gasteiger partial charge in [-0.2, -0.15) is 0 Å². The molecule has 176 valence electrons. The molecule has 1 aliphatic heterocycles. The summed E-state index contributed by atoms with van der Waals surface area (Å²) in [5.41, 5.74) is 9.36. The van der Waals surface area contributed by atoms with Gasteiger partial charge in [0.15, 0.2) is 0 Å². The lowest BCUT2D eigenvalue weighted by Gasteiger charge is -2.37. The second kappa shape index (κ2) is 10.8. The number of phenolic OH excluding ortho intramolecular Hbond substituents is 1. The number of benzene rings is 2. The Morgan fingerprint density at radius 3 is 2.45 bits per heavy atom. The summed E-state index contributed by atoms with van der Waals surface area (Å²) in [6.45, 7) is 1.04. The molecular formula is C27H35N3O3. The number of nitrogens with one attached hydrogen (secondary N) is 1. The highest BCUT2D eigenvalue weighted by atomic mass is 16.3. The molecule has 4 N–H and O–H groups in total. The van der Waals surface area contributed by atoms with Crippen LogP contribution in [-0.4, -0.2) is 40.4 Å². The van der Waals surface area contributed by atoms with Gasteiger partial charge in [0.2, 0.25) is 11.8 Å². The van der Waals surface area contributed by atoms with Crippen molar-refractivity contribution in [2.45, 2.75) is 70.0 Å². The van der Waals surface area contributed by atoms with Crippen LogP contribution in [0.3, 0.4) is 0 Å². The van der Waals surface area contributed by atoms with E-state index in [1.807, 2.05) is 24.3 Å². The van der Waals surface area contributed by atoms with E-state index in [0.29, 0.717) is 31.8 Å². The van der Waals surface area contributed by atoms with Gasteiger partial charge in [-0.15, -0.1) is 0 Å². The lowest BCUT2D eigenvalue weighted by atomic mass is 9.87. The first-order valence-electron chi connectivity index (χ1n) is 12.2. The van der Waals surface area contributed by atoms with E-state index in [-0.39, 0.29) is 17.6 Å². The zero-order chi connectivity index (χ0) is 23.2. The Bertz CT molecular complexity index is 953. The quantitative estimate of drug-likeness (QED) is 0.604. The van der Waals surface area contributed by atoms with Crippen LogP contribution in [0.15, 0.2) is 48.5 Å². The van der Waals surface area contributed by atoms with Crippen molar-refractivity contribution in [1.82, 2.24) is 10.2 Å². The second-order valence-electron chi connectivity index (χ2n) is 9.52. The molecule has 2 aromatic carbocycles. The van der Waals surface area contributed by atoms with Crippen LogP contribution in [0.4, 0.5) is 0 Å². The average Bonchev–Trinajstić information content (AvgIpc) is 2.84. The summed E-state index contributed by atoms with van der Waals surface area (Å²) in [6.07, 6.45) is 8.27. The number of amides is 2. The van der Waals surface area contributed by atoms with Gasteiger partial charge in [-0.1, -0.05) is 68.5 Å². The van der Waals surface area contributed by atoms with Gasteiger partial charge in [-0.25, -0.2) is 0 Å². The van der Waals surface area contributed by atoms with Crippen LogP contribution < -0.4 is 11.1 Å². The van der Waals surface area contributed by atoms with Gasteiger partial charge >= 0.3 is 0 Å². The number of carbonyl (C=O) groups excluding carboxylic acids is 2.